The highest BCUT2D eigenvalue weighted by Gasteiger charge is 1.84. The molecule has 0 aromatic heterocycles. The van der Waals surface area contributed by atoms with Crippen molar-refractivity contribution in [2.45, 2.75) is 12.8 Å². The third-order valence-electron chi connectivity index (χ3n) is 0.654. The maximum absolute atomic E-state index is 11.2. The number of halogens is 1. The average molecular weight is 101 g/mol. The van der Waals surface area contributed by atoms with Gasteiger partial charge in [-0.15, -0.1) is 0 Å². The van der Waals surface area contributed by atoms with E-state index >= 15 is 0 Å². The monoisotopic (exact) mass is 101 g/mol. The van der Waals surface area contributed by atoms with E-state index in [2.05, 4.69) is 4.85 Å². The van der Waals surface area contributed by atoms with Crippen molar-refractivity contribution < 1.29 is 4.39 Å². The smallest absolute Gasteiger partial charge is 0.214 e. The molecule has 0 aromatic rings. The molecule has 1 nitrogen and oxygen atoms in total. The minimum atomic E-state index is -0.282. The van der Waals surface area contributed by atoms with E-state index in [4.69, 9.17) is 6.57 Å². The van der Waals surface area contributed by atoms with Gasteiger partial charge in [0.15, 0.2) is 0 Å². The van der Waals surface area contributed by atoms with Crippen molar-refractivity contribution in [3.8, 4) is 0 Å². The fourth-order valence-electron chi connectivity index (χ4n) is 0.285. The Morgan fingerprint density at radius 3 is 2.57 bits per heavy atom. The van der Waals surface area contributed by atoms with Crippen molar-refractivity contribution in [1.82, 2.24) is 0 Å². The van der Waals surface area contributed by atoms with E-state index in [0.29, 0.717) is 19.4 Å². The molecule has 0 aromatic carbocycles. The zero-order valence-corrected chi connectivity index (χ0v) is 4.15. The molecule has 0 saturated carbocycles. The van der Waals surface area contributed by atoms with Gasteiger partial charge in [-0.25, -0.2) is 6.57 Å². The van der Waals surface area contributed by atoms with Crippen molar-refractivity contribution in [3.05, 3.63) is 11.4 Å². The van der Waals surface area contributed by atoms with Crippen LogP contribution in [0.1, 0.15) is 12.8 Å². The van der Waals surface area contributed by atoms with Gasteiger partial charge in [0.2, 0.25) is 6.54 Å². The second kappa shape index (κ2) is 5.42. The zero-order valence-electron chi connectivity index (χ0n) is 4.15. The van der Waals surface area contributed by atoms with E-state index in [1.807, 2.05) is 0 Å². The molecule has 0 aliphatic heterocycles. The molecule has 0 bridgehead atoms. The van der Waals surface area contributed by atoms with Crippen molar-refractivity contribution >= 4 is 0 Å². The Balaban J connectivity index is 2.60. The van der Waals surface area contributed by atoms with E-state index in [1.165, 1.54) is 0 Å². The van der Waals surface area contributed by atoms with Crippen molar-refractivity contribution in [3.63, 3.8) is 0 Å². The Kier molecular flexibility index (Phi) is 4.97. The summed E-state index contributed by atoms with van der Waals surface area (Å²) in [6, 6.07) is 0. The Labute approximate surface area is 43.0 Å². The summed E-state index contributed by atoms with van der Waals surface area (Å²) in [6.45, 7) is 6.48. The van der Waals surface area contributed by atoms with Crippen LogP contribution in [0.4, 0.5) is 4.39 Å². The summed E-state index contributed by atoms with van der Waals surface area (Å²) >= 11 is 0. The van der Waals surface area contributed by atoms with E-state index in [-0.39, 0.29) is 6.67 Å². The first-order valence-electron chi connectivity index (χ1n) is 2.31. The molecule has 0 amide bonds. The van der Waals surface area contributed by atoms with E-state index in [9.17, 15) is 4.39 Å². The van der Waals surface area contributed by atoms with Gasteiger partial charge in [0.1, 0.15) is 0 Å². The third kappa shape index (κ3) is 5.42. The average Bonchev–Trinajstić information content (AvgIpc) is 1.69. The maximum Gasteiger partial charge on any atom is 0.214 e. The summed E-state index contributed by atoms with van der Waals surface area (Å²) in [4.78, 5) is 3.06. The fraction of sp³-hybridized carbons (Fsp3) is 0.800. The number of alkyl halides is 1. The highest BCUT2D eigenvalue weighted by atomic mass is 19.1. The molecule has 0 saturated heterocycles. The van der Waals surface area contributed by atoms with E-state index < -0.39 is 0 Å². The number of rotatable bonds is 3. The second-order valence-corrected chi connectivity index (χ2v) is 1.28. The normalized spacial score (nSPS) is 8.00. The summed E-state index contributed by atoms with van der Waals surface area (Å²) in [7, 11) is 0. The molecule has 0 N–H and O–H groups in total. The largest absolute Gasteiger partial charge is 0.317 e. The summed E-state index contributed by atoms with van der Waals surface area (Å²) < 4.78 is 11.2. The van der Waals surface area contributed by atoms with Gasteiger partial charge in [-0.2, -0.15) is 0 Å². The molecule has 2 heteroatoms. The molecule has 0 aliphatic carbocycles. The molecule has 0 aliphatic rings. The van der Waals surface area contributed by atoms with Crippen molar-refractivity contribution in [1.29, 1.82) is 0 Å². The minimum Gasteiger partial charge on any atom is -0.317 e. The second-order valence-electron chi connectivity index (χ2n) is 1.28. The Bertz CT molecular complexity index is 65.0. The topological polar surface area (TPSA) is 4.36 Å². The number of nitrogens with zero attached hydrogens (tertiary/aromatic N) is 1. The molecule has 0 spiro atoms. The van der Waals surface area contributed by atoms with Crippen LogP contribution in [-0.4, -0.2) is 13.2 Å². The standard InChI is InChI=1S/C5H8FN/c1-7-5-3-2-4-6/h2-5H2. The number of unbranched alkanes of at least 4 members (excludes halogenated alkanes) is 1. The molecule has 0 fully saturated rings. The van der Waals surface area contributed by atoms with Crippen LogP contribution in [0, 0.1) is 6.57 Å². The molecular weight excluding hydrogens is 93.1 g/mol. The third-order valence-corrected chi connectivity index (χ3v) is 0.654. The Morgan fingerprint density at radius 1 is 1.43 bits per heavy atom. The van der Waals surface area contributed by atoms with Gasteiger partial charge in [0.25, 0.3) is 0 Å². The summed E-state index contributed by atoms with van der Waals surface area (Å²) in [5.41, 5.74) is 0. The Morgan fingerprint density at radius 2 is 2.14 bits per heavy atom. The van der Waals surface area contributed by atoms with Crippen molar-refractivity contribution in [2.75, 3.05) is 13.2 Å². The maximum atomic E-state index is 11.2. The lowest BCUT2D eigenvalue weighted by Gasteiger charge is -1.80. The SMILES string of the molecule is [C-]#[N+]CCCCF. The van der Waals surface area contributed by atoms with Gasteiger partial charge in [0.05, 0.1) is 6.67 Å². The first kappa shape index (κ1) is 6.42. The predicted molar refractivity (Wildman–Crippen MR) is 26.7 cm³/mol. The molecule has 0 radical (unpaired) electrons. The van der Waals surface area contributed by atoms with Crippen LogP contribution >= 0.6 is 0 Å². The summed E-state index contributed by atoms with van der Waals surface area (Å²) in [5.74, 6) is 0. The summed E-state index contributed by atoms with van der Waals surface area (Å²) in [6.07, 6.45) is 1.25. The number of hydrogen-bond acceptors (Lipinski definition) is 0. The fourth-order valence-corrected chi connectivity index (χ4v) is 0.285. The molecule has 40 valence electrons. The molecule has 0 rings (SSSR count). The minimum absolute atomic E-state index is 0.282. The lowest BCUT2D eigenvalue weighted by atomic mass is 10.3. The van der Waals surface area contributed by atoms with Gasteiger partial charge < -0.3 is 4.85 Å². The molecular formula is C5H8FN. The first-order chi connectivity index (χ1) is 3.41. The lowest BCUT2D eigenvalue weighted by Crippen LogP contribution is -1.78. The van der Waals surface area contributed by atoms with Crippen molar-refractivity contribution in [2.24, 2.45) is 0 Å². The van der Waals surface area contributed by atoms with Crippen LogP contribution in [-0.2, 0) is 0 Å². The quantitative estimate of drug-likeness (QED) is 0.376. The van der Waals surface area contributed by atoms with Gasteiger partial charge >= 0.3 is 0 Å². The van der Waals surface area contributed by atoms with Gasteiger partial charge in [0, 0.05) is 6.42 Å². The van der Waals surface area contributed by atoms with Crippen LogP contribution in [0.5, 0.6) is 0 Å². The Hall–Kier alpha value is -0.580. The highest BCUT2D eigenvalue weighted by Crippen LogP contribution is 1.88. The van der Waals surface area contributed by atoms with Crippen LogP contribution in [0.15, 0.2) is 0 Å². The molecule has 7 heavy (non-hydrogen) atoms. The lowest BCUT2D eigenvalue weighted by molar-refractivity contribution is 0.467. The molecule has 0 heterocycles. The van der Waals surface area contributed by atoms with Gasteiger partial charge in [-0.05, 0) is 6.42 Å². The van der Waals surface area contributed by atoms with Crippen LogP contribution in [0.2, 0.25) is 0 Å². The highest BCUT2D eigenvalue weighted by molar-refractivity contribution is 4.56. The zero-order chi connectivity index (χ0) is 5.54. The first-order valence-corrected chi connectivity index (χ1v) is 2.31. The number of hydrogen-bond donors (Lipinski definition) is 0. The van der Waals surface area contributed by atoms with Crippen LogP contribution in [0.3, 0.4) is 0 Å². The predicted octanol–water partition coefficient (Wildman–Crippen LogP) is 1.66. The summed E-state index contributed by atoms with van der Waals surface area (Å²) in [5, 5.41) is 0. The van der Waals surface area contributed by atoms with E-state index in [1.54, 1.807) is 0 Å². The van der Waals surface area contributed by atoms with Crippen LogP contribution in [0.25, 0.3) is 4.85 Å². The van der Waals surface area contributed by atoms with Gasteiger partial charge in [-0.3, -0.25) is 4.39 Å². The van der Waals surface area contributed by atoms with E-state index in [0.717, 1.165) is 0 Å². The van der Waals surface area contributed by atoms with Gasteiger partial charge in [-0.1, -0.05) is 0 Å². The molecule has 0 atom stereocenters. The molecule has 0 unspecified atom stereocenters. The van der Waals surface area contributed by atoms with Crippen LogP contribution < -0.4 is 0 Å².